The lowest BCUT2D eigenvalue weighted by atomic mass is 10.0. The van der Waals surface area contributed by atoms with Crippen LogP contribution in [-0.4, -0.2) is 36.0 Å². The van der Waals surface area contributed by atoms with E-state index in [0.29, 0.717) is 5.92 Å². The molecule has 0 aromatic rings. The SMILES string of the molecule is CCC(CCO)CNCCC(C)O. The van der Waals surface area contributed by atoms with Gasteiger partial charge in [-0.05, 0) is 38.8 Å². The molecule has 0 aliphatic carbocycles. The number of hydrogen-bond donors (Lipinski definition) is 3. The topological polar surface area (TPSA) is 52.5 Å². The van der Waals surface area contributed by atoms with Gasteiger partial charge in [-0.15, -0.1) is 0 Å². The molecule has 0 radical (unpaired) electrons. The van der Waals surface area contributed by atoms with Crippen LogP contribution < -0.4 is 5.32 Å². The van der Waals surface area contributed by atoms with Crippen molar-refractivity contribution in [1.29, 1.82) is 0 Å². The van der Waals surface area contributed by atoms with Crippen LogP contribution in [0.5, 0.6) is 0 Å². The normalized spacial score (nSPS) is 15.7. The Morgan fingerprint density at radius 2 is 2.00 bits per heavy atom. The van der Waals surface area contributed by atoms with Crippen molar-refractivity contribution in [2.45, 2.75) is 39.2 Å². The Morgan fingerprint density at radius 1 is 1.31 bits per heavy atom. The van der Waals surface area contributed by atoms with Crippen molar-refractivity contribution in [1.82, 2.24) is 5.32 Å². The Hall–Kier alpha value is -0.120. The second-order valence-electron chi connectivity index (χ2n) is 3.63. The summed E-state index contributed by atoms with van der Waals surface area (Å²) in [6.07, 6.45) is 2.56. The second kappa shape index (κ2) is 8.48. The largest absolute Gasteiger partial charge is 0.396 e. The molecule has 0 spiro atoms. The number of nitrogens with one attached hydrogen (secondary N) is 1. The van der Waals surface area contributed by atoms with E-state index in [2.05, 4.69) is 12.2 Å². The van der Waals surface area contributed by atoms with Crippen LogP contribution in [0.25, 0.3) is 0 Å². The second-order valence-corrected chi connectivity index (χ2v) is 3.63. The molecule has 0 rings (SSSR count). The van der Waals surface area contributed by atoms with Crippen molar-refractivity contribution < 1.29 is 10.2 Å². The van der Waals surface area contributed by atoms with Crippen LogP contribution in [0, 0.1) is 5.92 Å². The zero-order chi connectivity index (χ0) is 10.1. The van der Waals surface area contributed by atoms with Crippen LogP contribution in [0.2, 0.25) is 0 Å². The first-order valence-electron chi connectivity index (χ1n) is 5.20. The van der Waals surface area contributed by atoms with Gasteiger partial charge in [-0.25, -0.2) is 0 Å². The molecule has 0 aromatic carbocycles. The van der Waals surface area contributed by atoms with Gasteiger partial charge in [0.05, 0.1) is 6.10 Å². The fourth-order valence-corrected chi connectivity index (χ4v) is 1.25. The molecule has 80 valence electrons. The maximum atomic E-state index is 9.00. The average molecular weight is 189 g/mol. The Kier molecular flexibility index (Phi) is 8.40. The lowest BCUT2D eigenvalue weighted by Gasteiger charge is -2.14. The molecule has 3 N–H and O–H groups in total. The van der Waals surface area contributed by atoms with Gasteiger partial charge < -0.3 is 15.5 Å². The summed E-state index contributed by atoms with van der Waals surface area (Å²) in [5.41, 5.74) is 0. The van der Waals surface area contributed by atoms with Gasteiger partial charge in [-0.3, -0.25) is 0 Å². The van der Waals surface area contributed by atoms with Crippen molar-refractivity contribution in [3.63, 3.8) is 0 Å². The zero-order valence-electron chi connectivity index (χ0n) is 8.79. The van der Waals surface area contributed by atoms with Gasteiger partial charge in [0.25, 0.3) is 0 Å². The van der Waals surface area contributed by atoms with Crippen molar-refractivity contribution >= 4 is 0 Å². The molecule has 0 fully saturated rings. The smallest absolute Gasteiger partial charge is 0.0524 e. The first-order valence-corrected chi connectivity index (χ1v) is 5.20. The lowest BCUT2D eigenvalue weighted by Crippen LogP contribution is -2.26. The summed E-state index contributed by atoms with van der Waals surface area (Å²) in [4.78, 5) is 0. The highest BCUT2D eigenvalue weighted by Crippen LogP contribution is 2.05. The minimum absolute atomic E-state index is 0.217. The van der Waals surface area contributed by atoms with Gasteiger partial charge in [0.2, 0.25) is 0 Å². The standard InChI is InChI=1S/C10H23NO2/c1-3-10(5-7-12)8-11-6-4-9(2)13/h9-13H,3-8H2,1-2H3. The molecule has 2 unspecified atom stereocenters. The molecule has 0 saturated carbocycles. The highest BCUT2D eigenvalue weighted by atomic mass is 16.3. The van der Waals surface area contributed by atoms with E-state index in [4.69, 9.17) is 10.2 Å². The van der Waals surface area contributed by atoms with E-state index >= 15 is 0 Å². The molecule has 0 saturated heterocycles. The fraction of sp³-hybridized carbons (Fsp3) is 1.00. The summed E-state index contributed by atoms with van der Waals surface area (Å²) in [5, 5.41) is 21.0. The van der Waals surface area contributed by atoms with Crippen molar-refractivity contribution in [3.05, 3.63) is 0 Å². The van der Waals surface area contributed by atoms with Gasteiger partial charge in [0, 0.05) is 6.61 Å². The van der Waals surface area contributed by atoms with E-state index < -0.39 is 0 Å². The Bertz CT molecular complexity index is 107. The van der Waals surface area contributed by atoms with Crippen molar-refractivity contribution in [2.24, 2.45) is 5.92 Å². The van der Waals surface area contributed by atoms with Gasteiger partial charge in [0.15, 0.2) is 0 Å². The first kappa shape index (κ1) is 12.9. The Balaban J connectivity index is 3.27. The summed E-state index contributed by atoms with van der Waals surface area (Å²) in [5.74, 6) is 0.569. The van der Waals surface area contributed by atoms with E-state index in [0.717, 1.165) is 32.4 Å². The number of hydrogen-bond acceptors (Lipinski definition) is 3. The van der Waals surface area contributed by atoms with Gasteiger partial charge in [-0.2, -0.15) is 0 Å². The molecular formula is C10H23NO2. The van der Waals surface area contributed by atoms with Crippen LogP contribution in [0.4, 0.5) is 0 Å². The number of aliphatic hydroxyl groups is 2. The molecule has 2 atom stereocenters. The predicted octanol–water partition coefficient (Wildman–Crippen LogP) is 0.756. The molecule has 0 amide bonds. The van der Waals surface area contributed by atoms with E-state index in [1.807, 2.05) is 0 Å². The van der Waals surface area contributed by atoms with E-state index in [1.54, 1.807) is 6.92 Å². The third-order valence-corrected chi connectivity index (χ3v) is 2.29. The molecule has 0 heterocycles. The van der Waals surface area contributed by atoms with E-state index in [9.17, 15) is 0 Å². The maximum Gasteiger partial charge on any atom is 0.0524 e. The number of aliphatic hydroxyl groups excluding tert-OH is 2. The third-order valence-electron chi connectivity index (χ3n) is 2.29. The summed E-state index contributed by atoms with van der Waals surface area (Å²) < 4.78 is 0. The molecule has 0 bridgehead atoms. The number of rotatable bonds is 8. The summed E-state index contributed by atoms with van der Waals surface area (Å²) >= 11 is 0. The maximum absolute atomic E-state index is 9.00. The molecule has 0 aromatic heterocycles. The minimum atomic E-state index is -0.217. The Morgan fingerprint density at radius 3 is 2.46 bits per heavy atom. The first-order chi connectivity index (χ1) is 6.20. The minimum Gasteiger partial charge on any atom is -0.396 e. The zero-order valence-corrected chi connectivity index (χ0v) is 8.79. The quantitative estimate of drug-likeness (QED) is 0.494. The van der Waals surface area contributed by atoms with Crippen molar-refractivity contribution in [3.8, 4) is 0 Å². The van der Waals surface area contributed by atoms with Crippen LogP contribution in [0.15, 0.2) is 0 Å². The fourth-order valence-electron chi connectivity index (χ4n) is 1.25. The van der Waals surface area contributed by atoms with Crippen LogP contribution >= 0.6 is 0 Å². The van der Waals surface area contributed by atoms with Gasteiger partial charge >= 0.3 is 0 Å². The Labute approximate surface area is 81.2 Å². The lowest BCUT2D eigenvalue weighted by molar-refractivity contribution is 0.182. The molecule has 13 heavy (non-hydrogen) atoms. The highest BCUT2D eigenvalue weighted by molar-refractivity contribution is 4.61. The molecule has 3 nitrogen and oxygen atoms in total. The third kappa shape index (κ3) is 8.22. The predicted molar refractivity (Wildman–Crippen MR) is 54.7 cm³/mol. The molecular weight excluding hydrogens is 166 g/mol. The van der Waals surface area contributed by atoms with Crippen LogP contribution in [-0.2, 0) is 0 Å². The monoisotopic (exact) mass is 189 g/mol. The molecule has 3 heteroatoms. The van der Waals surface area contributed by atoms with E-state index in [-0.39, 0.29) is 12.7 Å². The summed E-state index contributed by atoms with van der Waals surface area (Å²) in [6, 6.07) is 0. The molecule has 0 aliphatic heterocycles. The van der Waals surface area contributed by atoms with Crippen molar-refractivity contribution in [2.75, 3.05) is 19.7 Å². The van der Waals surface area contributed by atoms with E-state index in [1.165, 1.54) is 0 Å². The van der Waals surface area contributed by atoms with Crippen LogP contribution in [0.3, 0.4) is 0 Å². The molecule has 0 aliphatic rings. The van der Waals surface area contributed by atoms with Gasteiger partial charge in [-0.1, -0.05) is 13.3 Å². The average Bonchev–Trinajstić information content (AvgIpc) is 2.10. The summed E-state index contributed by atoms with van der Waals surface area (Å²) in [6.45, 7) is 6.02. The summed E-state index contributed by atoms with van der Waals surface area (Å²) in [7, 11) is 0. The highest BCUT2D eigenvalue weighted by Gasteiger charge is 2.04. The van der Waals surface area contributed by atoms with Gasteiger partial charge in [0.1, 0.15) is 0 Å². The van der Waals surface area contributed by atoms with Crippen LogP contribution in [0.1, 0.15) is 33.1 Å².